The number of hydrogen-bond donors (Lipinski definition) is 3. The van der Waals surface area contributed by atoms with E-state index in [1.165, 1.54) is 6.07 Å². The van der Waals surface area contributed by atoms with E-state index in [-0.39, 0.29) is 47.3 Å². The number of rotatable bonds is 7. The fourth-order valence-corrected chi connectivity index (χ4v) is 8.25. The predicted molar refractivity (Wildman–Crippen MR) is 178 cm³/mol. The van der Waals surface area contributed by atoms with Crippen molar-refractivity contribution in [1.29, 1.82) is 0 Å². The van der Waals surface area contributed by atoms with E-state index >= 15 is 0 Å². The first-order valence-corrected chi connectivity index (χ1v) is 17.4. The van der Waals surface area contributed by atoms with E-state index in [4.69, 9.17) is 17.3 Å². The van der Waals surface area contributed by atoms with E-state index < -0.39 is 23.3 Å². The Morgan fingerprint density at radius 1 is 0.938 bits per heavy atom. The molecule has 0 bridgehead atoms. The van der Waals surface area contributed by atoms with Crippen molar-refractivity contribution in [2.45, 2.75) is 70.1 Å². The van der Waals surface area contributed by atoms with E-state index in [1.54, 1.807) is 9.80 Å². The number of nitrogens with two attached hydrogens (primary N) is 1. The molecule has 4 aliphatic rings. The third-order valence-electron chi connectivity index (χ3n) is 10.8. The normalized spacial score (nSPS) is 20.8. The van der Waals surface area contributed by atoms with Gasteiger partial charge in [0.15, 0.2) is 0 Å². The van der Waals surface area contributed by atoms with Crippen LogP contribution in [0.4, 0.5) is 29.3 Å². The average Bonchev–Trinajstić information content (AvgIpc) is 3.09. The maximum absolute atomic E-state index is 14.0. The van der Waals surface area contributed by atoms with Crippen molar-refractivity contribution < 1.29 is 27.6 Å². The number of piperidine rings is 3. The fraction of sp³-hybridized carbons (Fsp3) is 0.571. The molecule has 4 aliphatic heterocycles. The van der Waals surface area contributed by atoms with Crippen molar-refractivity contribution in [3.63, 3.8) is 0 Å². The molecule has 48 heavy (non-hydrogen) atoms. The van der Waals surface area contributed by atoms with Crippen molar-refractivity contribution in [3.05, 3.63) is 58.1 Å². The highest BCUT2D eigenvalue weighted by Gasteiger charge is 2.38. The van der Waals surface area contributed by atoms with Crippen molar-refractivity contribution in [3.8, 4) is 0 Å². The smallest absolute Gasteiger partial charge is 0.397 e. The van der Waals surface area contributed by atoms with Crippen LogP contribution in [0.1, 0.15) is 61.6 Å². The van der Waals surface area contributed by atoms with Gasteiger partial charge < -0.3 is 31.1 Å². The molecule has 4 N–H and O–H groups in total. The molecule has 2 aromatic rings. The first-order valence-electron chi connectivity index (χ1n) is 17.1. The van der Waals surface area contributed by atoms with Crippen LogP contribution in [-0.2, 0) is 28.7 Å². The van der Waals surface area contributed by atoms with Crippen molar-refractivity contribution >= 4 is 40.8 Å². The van der Waals surface area contributed by atoms with Crippen molar-refractivity contribution in [1.82, 2.24) is 20.0 Å². The van der Waals surface area contributed by atoms with Gasteiger partial charge in [-0.05, 0) is 99.2 Å². The third-order valence-corrected chi connectivity index (χ3v) is 11.1. The van der Waals surface area contributed by atoms with Crippen molar-refractivity contribution in [2.24, 2.45) is 17.8 Å². The number of hydrogen-bond acceptors (Lipinski definition) is 5. The van der Waals surface area contributed by atoms with Crippen LogP contribution >= 0.6 is 11.6 Å². The van der Waals surface area contributed by atoms with E-state index in [2.05, 4.69) is 10.6 Å². The van der Waals surface area contributed by atoms with Crippen LogP contribution in [-0.4, -0.2) is 77.9 Å². The molecule has 3 fully saturated rings. The summed E-state index contributed by atoms with van der Waals surface area (Å²) in [6.45, 7) is 4.49. The molecular formula is C35H44ClF3N6O3. The standard InChI is InChI=1S/C35H44ClF3N6O3/c36-29-19-22(18-28(32(29)40)35(37,38)39)17-26(33(47)44-13-7-24(8-14-44)23-5-11-41-12-6-23)20-31(46)43-15-9-27(10-16-43)45-21-25-3-1-2-4-30(25)42-34(45)48/h1-4,18-19,23-24,26-27,41H,5-17,20-21,40H2,(H,42,48). The van der Waals surface area contributed by atoms with Crippen LogP contribution in [0.3, 0.4) is 0 Å². The molecule has 4 amide bonds. The van der Waals surface area contributed by atoms with Gasteiger partial charge in [0.05, 0.1) is 22.2 Å². The topological polar surface area (TPSA) is 111 Å². The molecule has 0 aliphatic carbocycles. The summed E-state index contributed by atoms with van der Waals surface area (Å²) in [5.74, 6) is -0.115. The van der Waals surface area contributed by atoms with E-state index in [1.807, 2.05) is 29.2 Å². The van der Waals surface area contributed by atoms with Crippen LogP contribution < -0.4 is 16.4 Å². The Labute approximate surface area is 284 Å². The number of alkyl halides is 3. The molecular weight excluding hydrogens is 645 g/mol. The Bertz CT molecular complexity index is 1500. The summed E-state index contributed by atoms with van der Waals surface area (Å²) in [6.07, 6.45) is 0.288. The summed E-state index contributed by atoms with van der Waals surface area (Å²) in [7, 11) is 0. The number of halogens is 4. The molecule has 13 heteroatoms. The van der Waals surface area contributed by atoms with Crippen LogP contribution in [0.15, 0.2) is 36.4 Å². The van der Waals surface area contributed by atoms with Crippen molar-refractivity contribution in [2.75, 3.05) is 50.3 Å². The lowest BCUT2D eigenvalue weighted by atomic mass is 9.79. The number of nitrogen functional groups attached to an aromatic ring is 1. The Morgan fingerprint density at radius 2 is 1.58 bits per heavy atom. The van der Waals surface area contributed by atoms with Gasteiger partial charge in [-0.15, -0.1) is 0 Å². The summed E-state index contributed by atoms with van der Waals surface area (Å²) in [6, 6.07) is 9.79. The highest BCUT2D eigenvalue weighted by molar-refractivity contribution is 6.33. The molecule has 0 spiro atoms. The highest BCUT2D eigenvalue weighted by Crippen LogP contribution is 2.39. The van der Waals surface area contributed by atoms with Gasteiger partial charge in [-0.2, -0.15) is 13.2 Å². The third kappa shape index (κ3) is 7.70. The van der Waals surface area contributed by atoms with Crippen LogP contribution in [0.5, 0.6) is 0 Å². The molecule has 2 aromatic carbocycles. The SMILES string of the molecule is Nc1c(Cl)cc(CC(CC(=O)N2CCC(N3Cc4ccccc4NC3=O)CC2)C(=O)N2CCC(C3CCNCC3)CC2)cc1C(F)(F)F. The van der Waals surface area contributed by atoms with Gasteiger partial charge >= 0.3 is 12.2 Å². The van der Waals surface area contributed by atoms with Crippen LogP contribution in [0, 0.1) is 17.8 Å². The largest absolute Gasteiger partial charge is 0.418 e. The zero-order valence-corrected chi connectivity index (χ0v) is 27.8. The maximum atomic E-state index is 14.0. The highest BCUT2D eigenvalue weighted by atomic mass is 35.5. The van der Waals surface area contributed by atoms with Gasteiger partial charge in [0.1, 0.15) is 0 Å². The number of nitrogens with zero attached hydrogens (tertiary/aromatic N) is 3. The lowest BCUT2D eigenvalue weighted by Gasteiger charge is -2.41. The number of anilines is 2. The summed E-state index contributed by atoms with van der Waals surface area (Å²) in [4.78, 5) is 46.0. The number of urea groups is 1. The molecule has 0 saturated carbocycles. The molecule has 3 saturated heterocycles. The molecule has 0 radical (unpaired) electrons. The second-order valence-corrected chi connectivity index (χ2v) is 14.1. The number of nitrogens with one attached hydrogen (secondary N) is 2. The minimum atomic E-state index is -4.72. The number of para-hydroxylation sites is 1. The predicted octanol–water partition coefficient (Wildman–Crippen LogP) is 5.77. The Balaban J connectivity index is 1.13. The number of amides is 4. The molecule has 6 rings (SSSR count). The Morgan fingerprint density at radius 3 is 2.27 bits per heavy atom. The molecule has 1 atom stereocenters. The Kier molecular flexibility index (Phi) is 10.4. The summed E-state index contributed by atoms with van der Waals surface area (Å²) in [5.41, 5.74) is 6.13. The molecule has 9 nitrogen and oxygen atoms in total. The number of likely N-dealkylation sites (tertiary alicyclic amines) is 2. The fourth-order valence-electron chi connectivity index (χ4n) is 8.01. The lowest BCUT2D eigenvalue weighted by Crippen LogP contribution is -2.51. The Hall–Kier alpha value is -3.51. The van der Waals surface area contributed by atoms with E-state index in [9.17, 15) is 27.6 Å². The summed E-state index contributed by atoms with van der Waals surface area (Å²) >= 11 is 6.14. The zero-order valence-electron chi connectivity index (χ0n) is 27.0. The quantitative estimate of drug-likeness (QED) is 0.320. The lowest BCUT2D eigenvalue weighted by molar-refractivity contribution is -0.143. The van der Waals surface area contributed by atoms with Gasteiger partial charge in [0.2, 0.25) is 11.8 Å². The minimum absolute atomic E-state index is 0.0428. The summed E-state index contributed by atoms with van der Waals surface area (Å²) in [5, 5.41) is 6.12. The van der Waals surface area contributed by atoms with Crippen LogP contribution in [0.2, 0.25) is 5.02 Å². The second-order valence-electron chi connectivity index (χ2n) is 13.7. The molecule has 4 heterocycles. The van der Waals surface area contributed by atoms with E-state index in [0.717, 1.165) is 56.1 Å². The van der Waals surface area contributed by atoms with Crippen LogP contribution in [0.25, 0.3) is 0 Å². The minimum Gasteiger partial charge on any atom is -0.397 e. The average molecular weight is 689 g/mol. The van der Waals surface area contributed by atoms with Gasteiger partial charge in [-0.3, -0.25) is 9.59 Å². The number of fused-ring (bicyclic) bond motifs is 1. The number of carbonyl (C=O) groups excluding carboxylic acids is 3. The van der Waals surface area contributed by atoms with Gasteiger partial charge in [0, 0.05) is 50.9 Å². The number of carbonyl (C=O) groups is 3. The maximum Gasteiger partial charge on any atom is 0.418 e. The first kappa shape index (κ1) is 34.4. The van der Waals surface area contributed by atoms with E-state index in [0.29, 0.717) is 57.4 Å². The number of benzene rings is 2. The zero-order chi connectivity index (χ0) is 34.0. The second kappa shape index (κ2) is 14.5. The molecule has 260 valence electrons. The first-order chi connectivity index (χ1) is 23.0. The van der Waals surface area contributed by atoms with Gasteiger partial charge in [0.25, 0.3) is 0 Å². The molecule has 0 aromatic heterocycles. The van der Waals surface area contributed by atoms with Gasteiger partial charge in [-0.1, -0.05) is 29.8 Å². The molecule has 1 unspecified atom stereocenters. The van der Waals surface area contributed by atoms with Gasteiger partial charge in [-0.25, -0.2) is 4.79 Å². The summed E-state index contributed by atoms with van der Waals surface area (Å²) < 4.78 is 41.4. The monoisotopic (exact) mass is 688 g/mol.